The van der Waals surface area contributed by atoms with Gasteiger partial charge in [0.15, 0.2) is 23.3 Å². The molecule has 9 rings (SSSR count). The van der Waals surface area contributed by atoms with E-state index < -0.39 is 0 Å². The summed E-state index contributed by atoms with van der Waals surface area (Å²) in [6.07, 6.45) is 0. The number of rotatable bonds is 0. The van der Waals surface area contributed by atoms with E-state index in [1.165, 1.54) is 16.2 Å². The number of nitrogens with one attached hydrogen (secondary N) is 2. The maximum Gasteiger partial charge on any atom is 0.164 e. The largest absolute Gasteiger partial charge is 0.324 e. The monoisotopic (exact) mass is 600 g/mol. The summed E-state index contributed by atoms with van der Waals surface area (Å²) in [5.74, 6) is 2.39. The predicted molar refractivity (Wildman–Crippen MR) is 160 cm³/mol. The van der Waals surface area contributed by atoms with E-state index in [9.17, 15) is 0 Å². The molecule has 3 aromatic heterocycles. The van der Waals surface area contributed by atoms with Crippen molar-refractivity contribution in [1.29, 1.82) is 0 Å². The van der Waals surface area contributed by atoms with Gasteiger partial charge in [-0.05, 0) is 0 Å². The molecular weight excluding hydrogens is 580 g/mol. The van der Waals surface area contributed by atoms with Gasteiger partial charge in [-0.1, -0.05) is 97.1 Å². The van der Waals surface area contributed by atoms with Gasteiger partial charge in [-0.25, -0.2) is 29.9 Å². The Morgan fingerprint density at radius 1 is 0.372 bits per heavy atom. The number of benzene rings is 4. The third kappa shape index (κ3) is 4.14. The second-order valence-electron chi connectivity index (χ2n) is 9.79. The SMILES string of the molecule is O.[O]=[Cr].c1ccc2c(c1)-c1nc-2nc2[nH]c(nc3nc(nc4[nH]c(n1)c1ccccc41)-c1ccccc1-3)c1ccccc21. The predicted octanol–water partition coefficient (Wildman–Crippen LogP) is 5.92. The van der Waals surface area contributed by atoms with E-state index >= 15 is 0 Å². The van der Waals surface area contributed by atoms with Gasteiger partial charge in [-0.2, -0.15) is 0 Å². The molecule has 0 spiro atoms. The number of hydrogen-bond acceptors (Lipinski definition) is 7. The van der Waals surface area contributed by atoms with Crippen LogP contribution in [0.4, 0.5) is 0 Å². The molecule has 0 atom stereocenters. The normalized spacial score (nSPS) is 11.3. The van der Waals surface area contributed by atoms with E-state index in [1.54, 1.807) is 0 Å². The van der Waals surface area contributed by atoms with Crippen LogP contribution in [0.15, 0.2) is 97.1 Å². The zero-order chi connectivity index (χ0) is 28.2. The first kappa shape index (κ1) is 26.4. The molecule has 2 aliphatic heterocycles. The van der Waals surface area contributed by atoms with Crippen LogP contribution in [0.5, 0.6) is 0 Å². The maximum absolute atomic E-state index is 8.12. The molecule has 0 amide bonds. The van der Waals surface area contributed by atoms with Crippen molar-refractivity contribution in [1.82, 2.24) is 39.9 Å². The van der Waals surface area contributed by atoms with E-state index in [0.29, 0.717) is 45.9 Å². The van der Waals surface area contributed by atoms with Crippen LogP contribution in [-0.2, 0) is 20.0 Å². The smallest absolute Gasteiger partial charge is 0.164 e. The minimum Gasteiger partial charge on any atom is -0.324 e. The average Bonchev–Trinajstić information content (AvgIpc) is 3.78. The zero-order valence-electron chi connectivity index (χ0n) is 22.2. The van der Waals surface area contributed by atoms with Crippen LogP contribution in [0.2, 0.25) is 0 Å². The van der Waals surface area contributed by atoms with Crippen molar-refractivity contribution < 1.29 is 25.5 Å². The molecule has 7 aromatic rings. The Balaban J connectivity index is 0.000000981. The Hall–Kier alpha value is -5.47. The van der Waals surface area contributed by atoms with Gasteiger partial charge in [0.25, 0.3) is 0 Å². The van der Waals surface area contributed by atoms with E-state index in [1.807, 2.05) is 97.1 Å². The quantitative estimate of drug-likeness (QED) is 0.219. The molecule has 0 saturated heterocycles. The third-order valence-corrected chi connectivity index (χ3v) is 7.46. The maximum atomic E-state index is 8.12. The summed E-state index contributed by atoms with van der Waals surface area (Å²) in [7, 11) is 0. The summed E-state index contributed by atoms with van der Waals surface area (Å²) in [5, 5.41) is 3.82. The van der Waals surface area contributed by atoms with Crippen LogP contribution >= 0.6 is 0 Å². The minimum absolute atomic E-state index is 0. The van der Waals surface area contributed by atoms with Gasteiger partial charge >= 0.3 is 20.0 Å². The van der Waals surface area contributed by atoms with Gasteiger partial charge in [0.1, 0.15) is 22.6 Å². The molecule has 206 valence electrons. The Morgan fingerprint density at radius 2 is 0.605 bits per heavy atom. The molecule has 0 fully saturated rings. The number of fused-ring (bicyclic) bond motifs is 20. The van der Waals surface area contributed by atoms with E-state index in [4.69, 9.17) is 33.7 Å². The summed E-state index contributed by atoms with van der Waals surface area (Å²) in [6.45, 7) is 0. The second kappa shape index (κ2) is 10.4. The molecule has 0 saturated carbocycles. The average molecular weight is 601 g/mol. The topological polar surface area (TPSA) is 157 Å². The van der Waals surface area contributed by atoms with Crippen molar-refractivity contribution >= 4 is 44.1 Å². The summed E-state index contributed by atoms with van der Waals surface area (Å²) in [4.78, 5) is 36.8. The zero-order valence-corrected chi connectivity index (χ0v) is 23.5. The van der Waals surface area contributed by atoms with Crippen LogP contribution in [-0.4, -0.2) is 45.3 Å². The van der Waals surface area contributed by atoms with Gasteiger partial charge in [0.2, 0.25) is 0 Å². The Bertz CT molecular complexity index is 2060. The molecule has 43 heavy (non-hydrogen) atoms. The van der Waals surface area contributed by atoms with Gasteiger partial charge in [-0.15, -0.1) is 0 Å². The number of H-pyrrole nitrogens is 2. The van der Waals surface area contributed by atoms with Crippen LogP contribution in [0.3, 0.4) is 0 Å². The fourth-order valence-electron chi connectivity index (χ4n) is 5.59. The van der Waals surface area contributed by atoms with Crippen molar-refractivity contribution in [3.8, 4) is 45.6 Å². The Morgan fingerprint density at radius 3 is 0.860 bits per heavy atom. The summed E-state index contributed by atoms with van der Waals surface area (Å²) in [6, 6.07) is 32.2. The Kier molecular flexibility index (Phi) is 6.41. The Labute approximate surface area is 251 Å². The van der Waals surface area contributed by atoms with E-state index in [-0.39, 0.29) is 5.48 Å². The van der Waals surface area contributed by atoms with Crippen molar-refractivity contribution in [2.75, 3.05) is 0 Å². The van der Waals surface area contributed by atoms with E-state index in [2.05, 4.69) is 9.97 Å². The van der Waals surface area contributed by atoms with Crippen LogP contribution in [0, 0.1) is 0 Å². The van der Waals surface area contributed by atoms with Crippen LogP contribution < -0.4 is 0 Å². The van der Waals surface area contributed by atoms with Crippen molar-refractivity contribution in [3.05, 3.63) is 97.1 Å². The molecule has 10 nitrogen and oxygen atoms in total. The molecule has 4 aromatic carbocycles. The first-order valence-corrected chi connectivity index (χ1v) is 13.7. The van der Waals surface area contributed by atoms with E-state index in [0.717, 1.165) is 43.8 Å². The number of hydrogen-bond donors (Lipinski definition) is 2. The fraction of sp³-hybridized carbons (Fsp3) is 0. The first-order chi connectivity index (χ1) is 20.8. The van der Waals surface area contributed by atoms with Gasteiger partial charge in [-0.3, -0.25) is 0 Å². The van der Waals surface area contributed by atoms with Crippen molar-refractivity contribution in [2.24, 2.45) is 0 Å². The number of aromatic nitrogens is 8. The first-order valence-electron chi connectivity index (χ1n) is 13.2. The van der Waals surface area contributed by atoms with Gasteiger partial charge in [0.05, 0.1) is 0 Å². The van der Waals surface area contributed by atoms with Crippen LogP contribution in [0.1, 0.15) is 0 Å². The summed E-state index contributed by atoms with van der Waals surface area (Å²) >= 11 is 1.38. The summed E-state index contributed by atoms with van der Waals surface area (Å²) in [5.41, 5.74) is 6.45. The standard InChI is InChI=1S/C32H18N8.Cr.H2O.O/c1-2-10-18-17(9-1)25-33-26(18)38-28-21-13-5-6-14-22(21)30(35-28)40-32-24-16-8-7-15-23(24)31(36-32)39-29-20-12-4-3-11-19(20)27(34-29)37-25;;;/h1-16H,(H2,33,34,35,36,37,38,39,40);;1H2;. The molecule has 2 aliphatic rings. The number of aromatic amines is 2. The molecule has 4 N–H and O–H groups in total. The summed E-state index contributed by atoms with van der Waals surface area (Å²) < 4.78 is 8.12. The molecule has 0 radical (unpaired) electrons. The molecule has 8 bridgehead atoms. The minimum atomic E-state index is 0. The molecule has 11 heteroatoms. The third-order valence-electron chi connectivity index (χ3n) is 7.46. The van der Waals surface area contributed by atoms with Crippen molar-refractivity contribution in [2.45, 2.75) is 0 Å². The number of nitrogens with zero attached hydrogens (tertiary/aromatic N) is 6. The van der Waals surface area contributed by atoms with Crippen LogP contribution in [0.25, 0.3) is 89.7 Å². The molecule has 0 unspecified atom stereocenters. The van der Waals surface area contributed by atoms with Gasteiger partial charge in [0, 0.05) is 43.8 Å². The second-order valence-corrected chi connectivity index (χ2v) is 9.79. The molecule has 5 heterocycles. The molecular formula is C32H20CrN8O2. The molecule has 0 aliphatic carbocycles. The van der Waals surface area contributed by atoms with Crippen molar-refractivity contribution in [3.63, 3.8) is 0 Å². The van der Waals surface area contributed by atoms with Gasteiger partial charge < -0.3 is 15.4 Å². The fourth-order valence-corrected chi connectivity index (χ4v) is 5.59.